The molecule has 2 aromatic carbocycles. The van der Waals surface area contributed by atoms with E-state index in [1.807, 2.05) is 18.2 Å². The van der Waals surface area contributed by atoms with E-state index in [1.165, 1.54) is 11.1 Å². The van der Waals surface area contributed by atoms with Crippen molar-refractivity contribution in [2.24, 2.45) is 0 Å². The Kier molecular flexibility index (Phi) is 3.83. The van der Waals surface area contributed by atoms with Gasteiger partial charge in [-0.3, -0.25) is 0 Å². The summed E-state index contributed by atoms with van der Waals surface area (Å²) >= 11 is 3.61. The fourth-order valence-electron chi connectivity index (χ4n) is 2.18. The molecule has 3 rings (SSSR count). The Morgan fingerprint density at radius 2 is 1.90 bits per heavy atom. The van der Waals surface area contributed by atoms with E-state index in [-0.39, 0.29) is 0 Å². The van der Waals surface area contributed by atoms with Crippen molar-refractivity contribution in [2.75, 3.05) is 18.5 Å². The summed E-state index contributed by atoms with van der Waals surface area (Å²) in [7, 11) is 0. The highest BCUT2D eigenvalue weighted by molar-refractivity contribution is 9.10. The molecule has 0 radical (unpaired) electrons. The Morgan fingerprint density at radius 1 is 1.10 bits per heavy atom. The lowest BCUT2D eigenvalue weighted by Gasteiger charge is -2.19. The summed E-state index contributed by atoms with van der Waals surface area (Å²) in [5, 5.41) is 3.43. The second-order valence-electron chi connectivity index (χ2n) is 4.77. The van der Waals surface area contributed by atoms with Crippen molar-refractivity contribution >= 4 is 21.6 Å². The van der Waals surface area contributed by atoms with E-state index >= 15 is 0 Å². The van der Waals surface area contributed by atoms with Gasteiger partial charge in [-0.15, -0.1) is 0 Å². The number of fused-ring (bicyclic) bond motifs is 1. The van der Waals surface area contributed by atoms with Gasteiger partial charge in [0.25, 0.3) is 0 Å². The first-order valence-corrected chi connectivity index (χ1v) is 7.41. The molecule has 0 fully saturated rings. The quantitative estimate of drug-likeness (QED) is 0.915. The standard InChI is InChI=1S/C16H16BrNO2/c1-11-3-2-4-13(16(11)17)18-10-12-5-6-14-15(9-12)20-8-7-19-14/h2-6,9,18H,7-8,10H2,1H3. The molecule has 20 heavy (non-hydrogen) atoms. The number of benzene rings is 2. The van der Waals surface area contributed by atoms with Gasteiger partial charge in [-0.1, -0.05) is 18.2 Å². The molecular weight excluding hydrogens is 318 g/mol. The highest BCUT2D eigenvalue weighted by atomic mass is 79.9. The molecule has 0 amide bonds. The SMILES string of the molecule is Cc1cccc(NCc2ccc3c(c2)OCCO3)c1Br. The molecule has 104 valence electrons. The molecule has 0 aliphatic carbocycles. The lowest BCUT2D eigenvalue weighted by molar-refractivity contribution is 0.171. The second kappa shape index (κ2) is 5.75. The maximum absolute atomic E-state index is 5.60. The van der Waals surface area contributed by atoms with Crippen molar-refractivity contribution in [3.8, 4) is 11.5 Å². The maximum atomic E-state index is 5.60. The molecule has 0 saturated carbocycles. The van der Waals surface area contributed by atoms with E-state index in [2.05, 4.69) is 46.4 Å². The smallest absolute Gasteiger partial charge is 0.161 e. The van der Waals surface area contributed by atoms with Crippen LogP contribution in [-0.2, 0) is 6.54 Å². The zero-order chi connectivity index (χ0) is 13.9. The second-order valence-corrected chi connectivity index (χ2v) is 5.56. The van der Waals surface area contributed by atoms with E-state index < -0.39 is 0 Å². The van der Waals surface area contributed by atoms with Gasteiger partial charge in [0.2, 0.25) is 0 Å². The molecule has 0 aromatic heterocycles. The minimum absolute atomic E-state index is 0.618. The molecule has 0 saturated heterocycles. The number of hydrogen-bond acceptors (Lipinski definition) is 3. The Balaban J connectivity index is 1.73. The van der Waals surface area contributed by atoms with Gasteiger partial charge in [-0.25, -0.2) is 0 Å². The summed E-state index contributed by atoms with van der Waals surface area (Å²) in [6.07, 6.45) is 0. The van der Waals surface area contributed by atoms with Crippen LogP contribution < -0.4 is 14.8 Å². The van der Waals surface area contributed by atoms with Crippen molar-refractivity contribution in [2.45, 2.75) is 13.5 Å². The third kappa shape index (κ3) is 2.75. The van der Waals surface area contributed by atoms with Crippen LogP contribution in [0.15, 0.2) is 40.9 Å². The number of ether oxygens (including phenoxy) is 2. The van der Waals surface area contributed by atoms with Gasteiger partial charge in [-0.2, -0.15) is 0 Å². The summed E-state index contributed by atoms with van der Waals surface area (Å²) < 4.78 is 12.2. The van der Waals surface area contributed by atoms with Crippen LogP contribution in [0.2, 0.25) is 0 Å². The summed E-state index contributed by atoms with van der Waals surface area (Å²) in [6.45, 7) is 4.08. The van der Waals surface area contributed by atoms with Gasteiger partial charge in [0, 0.05) is 16.7 Å². The Bertz CT molecular complexity index is 628. The van der Waals surface area contributed by atoms with E-state index in [0.717, 1.165) is 28.2 Å². The largest absolute Gasteiger partial charge is 0.486 e. The van der Waals surface area contributed by atoms with Crippen LogP contribution in [0, 0.1) is 6.92 Å². The zero-order valence-electron chi connectivity index (χ0n) is 11.3. The Hall–Kier alpha value is -1.68. The van der Waals surface area contributed by atoms with E-state index in [9.17, 15) is 0 Å². The van der Waals surface area contributed by atoms with Crippen LogP contribution in [0.4, 0.5) is 5.69 Å². The summed E-state index contributed by atoms with van der Waals surface area (Å²) in [5.41, 5.74) is 3.49. The summed E-state index contributed by atoms with van der Waals surface area (Å²) in [6, 6.07) is 12.3. The van der Waals surface area contributed by atoms with Crippen molar-refractivity contribution in [3.05, 3.63) is 52.0 Å². The van der Waals surface area contributed by atoms with Crippen LogP contribution >= 0.6 is 15.9 Å². The van der Waals surface area contributed by atoms with E-state index in [1.54, 1.807) is 0 Å². The molecule has 1 aliphatic rings. The van der Waals surface area contributed by atoms with Crippen LogP contribution in [0.1, 0.15) is 11.1 Å². The van der Waals surface area contributed by atoms with E-state index in [4.69, 9.17) is 9.47 Å². The predicted octanol–water partition coefficient (Wildman–Crippen LogP) is 4.14. The number of aryl methyl sites for hydroxylation is 1. The van der Waals surface area contributed by atoms with Gasteiger partial charge in [0.1, 0.15) is 13.2 Å². The summed E-state index contributed by atoms with van der Waals surface area (Å²) in [4.78, 5) is 0. The number of anilines is 1. The molecule has 2 aromatic rings. The van der Waals surface area contributed by atoms with Gasteiger partial charge in [-0.05, 0) is 52.2 Å². The highest BCUT2D eigenvalue weighted by Crippen LogP contribution is 2.31. The van der Waals surface area contributed by atoms with Crippen LogP contribution in [0.5, 0.6) is 11.5 Å². The molecule has 0 spiro atoms. The molecule has 1 heterocycles. The minimum Gasteiger partial charge on any atom is -0.486 e. The molecule has 0 bridgehead atoms. The summed E-state index contributed by atoms with van der Waals surface area (Å²) in [5.74, 6) is 1.66. The van der Waals surface area contributed by atoms with Crippen LogP contribution in [-0.4, -0.2) is 13.2 Å². The van der Waals surface area contributed by atoms with Crippen molar-refractivity contribution in [1.82, 2.24) is 0 Å². The molecule has 0 atom stereocenters. The minimum atomic E-state index is 0.618. The van der Waals surface area contributed by atoms with Crippen molar-refractivity contribution < 1.29 is 9.47 Å². The molecule has 4 heteroatoms. The lowest BCUT2D eigenvalue weighted by atomic mass is 10.1. The normalized spacial score (nSPS) is 13.1. The maximum Gasteiger partial charge on any atom is 0.161 e. The van der Waals surface area contributed by atoms with Crippen molar-refractivity contribution in [1.29, 1.82) is 0 Å². The molecule has 3 nitrogen and oxygen atoms in total. The van der Waals surface area contributed by atoms with Gasteiger partial charge in [0.15, 0.2) is 11.5 Å². The molecule has 0 unspecified atom stereocenters. The number of halogens is 1. The molecule has 1 aliphatic heterocycles. The fourth-order valence-corrected chi connectivity index (χ4v) is 2.58. The Labute approximate surface area is 127 Å². The number of rotatable bonds is 3. The molecular formula is C16H16BrNO2. The van der Waals surface area contributed by atoms with Crippen LogP contribution in [0.3, 0.4) is 0 Å². The average Bonchev–Trinajstić information content (AvgIpc) is 2.48. The third-order valence-corrected chi connectivity index (χ3v) is 4.33. The lowest BCUT2D eigenvalue weighted by Crippen LogP contribution is -2.15. The third-order valence-electron chi connectivity index (χ3n) is 3.28. The Morgan fingerprint density at radius 3 is 2.75 bits per heavy atom. The predicted molar refractivity (Wildman–Crippen MR) is 83.6 cm³/mol. The zero-order valence-corrected chi connectivity index (χ0v) is 12.9. The fraction of sp³-hybridized carbons (Fsp3) is 0.250. The average molecular weight is 334 g/mol. The first-order valence-electron chi connectivity index (χ1n) is 6.61. The van der Waals surface area contributed by atoms with Gasteiger partial charge < -0.3 is 14.8 Å². The van der Waals surface area contributed by atoms with E-state index in [0.29, 0.717) is 13.2 Å². The monoisotopic (exact) mass is 333 g/mol. The highest BCUT2D eigenvalue weighted by Gasteiger charge is 2.11. The molecule has 1 N–H and O–H groups in total. The van der Waals surface area contributed by atoms with Gasteiger partial charge >= 0.3 is 0 Å². The van der Waals surface area contributed by atoms with Crippen LogP contribution in [0.25, 0.3) is 0 Å². The first kappa shape index (κ1) is 13.3. The first-order chi connectivity index (χ1) is 9.74. The van der Waals surface area contributed by atoms with Gasteiger partial charge in [0.05, 0.1) is 0 Å². The number of hydrogen-bond donors (Lipinski definition) is 1. The van der Waals surface area contributed by atoms with Crippen molar-refractivity contribution in [3.63, 3.8) is 0 Å². The number of nitrogens with one attached hydrogen (secondary N) is 1. The topological polar surface area (TPSA) is 30.5 Å².